The van der Waals surface area contributed by atoms with Gasteiger partial charge < -0.3 is 9.84 Å². The van der Waals surface area contributed by atoms with Gasteiger partial charge in [-0.2, -0.15) is 0 Å². The number of hydrogen-bond donors (Lipinski definition) is 1. The van der Waals surface area contributed by atoms with Crippen molar-refractivity contribution in [2.75, 3.05) is 0 Å². The van der Waals surface area contributed by atoms with Gasteiger partial charge in [0.15, 0.2) is 11.6 Å². The van der Waals surface area contributed by atoms with Crippen molar-refractivity contribution >= 4 is 15.9 Å². The molecule has 0 saturated carbocycles. The minimum absolute atomic E-state index is 0.0901. The summed E-state index contributed by atoms with van der Waals surface area (Å²) in [5.74, 6) is -1.30. The molecule has 100 valence electrons. The monoisotopic (exact) mass is 328 g/mol. The number of aliphatic hydroxyl groups excluding tert-OH is 1. The van der Waals surface area contributed by atoms with E-state index in [1.807, 2.05) is 0 Å². The van der Waals surface area contributed by atoms with Crippen molar-refractivity contribution < 1.29 is 18.6 Å². The summed E-state index contributed by atoms with van der Waals surface area (Å²) in [6, 6.07) is 8.88. The lowest BCUT2D eigenvalue weighted by atomic mass is 10.2. The predicted octanol–water partition coefficient (Wildman–Crippen LogP) is 3.80. The zero-order valence-electron chi connectivity index (χ0n) is 9.87. The number of rotatable bonds is 4. The van der Waals surface area contributed by atoms with Crippen LogP contribution in [0.3, 0.4) is 0 Å². The van der Waals surface area contributed by atoms with Gasteiger partial charge >= 0.3 is 0 Å². The largest absolute Gasteiger partial charge is 0.487 e. The minimum atomic E-state index is -0.907. The van der Waals surface area contributed by atoms with Gasteiger partial charge in [0.05, 0.1) is 11.1 Å². The van der Waals surface area contributed by atoms with Crippen LogP contribution in [0, 0.1) is 11.6 Å². The number of benzene rings is 2. The first kappa shape index (κ1) is 14.0. The van der Waals surface area contributed by atoms with Crippen LogP contribution in [0.1, 0.15) is 11.1 Å². The molecule has 0 amide bonds. The fraction of sp³-hybridized carbons (Fsp3) is 0.143. The van der Waals surface area contributed by atoms with E-state index in [1.54, 1.807) is 18.2 Å². The summed E-state index contributed by atoms with van der Waals surface area (Å²) in [5.41, 5.74) is 1.13. The van der Waals surface area contributed by atoms with Crippen LogP contribution >= 0.6 is 15.9 Å². The molecule has 0 aliphatic rings. The van der Waals surface area contributed by atoms with E-state index in [9.17, 15) is 13.9 Å². The van der Waals surface area contributed by atoms with Crippen LogP contribution in [0.15, 0.2) is 40.9 Å². The maximum absolute atomic E-state index is 13.0. The van der Waals surface area contributed by atoms with Crippen LogP contribution in [0.4, 0.5) is 8.78 Å². The summed E-state index contributed by atoms with van der Waals surface area (Å²) in [5, 5.41) is 9.21. The summed E-state index contributed by atoms with van der Waals surface area (Å²) in [7, 11) is 0. The number of hydrogen-bond acceptors (Lipinski definition) is 2. The molecule has 0 aliphatic heterocycles. The highest BCUT2D eigenvalue weighted by molar-refractivity contribution is 9.10. The van der Waals surface area contributed by atoms with Crippen molar-refractivity contribution in [3.63, 3.8) is 0 Å². The smallest absolute Gasteiger partial charge is 0.159 e. The first-order valence-electron chi connectivity index (χ1n) is 5.57. The molecule has 0 radical (unpaired) electrons. The molecule has 0 fully saturated rings. The third-order valence-corrected chi connectivity index (χ3v) is 3.21. The topological polar surface area (TPSA) is 29.5 Å². The first-order chi connectivity index (χ1) is 9.11. The zero-order valence-corrected chi connectivity index (χ0v) is 11.5. The second-order valence-electron chi connectivity index (χ2n) is 3.92. The van der Waals surface area contributed by atoms with Gasteiger partial charge in [0, 0.05) is 5.56 Å². The van der Waals surface area contributed by atoms with Crippen LogP contribution in [0.2, 0.25) is 0 Å². The molecule has 2 nitrogen and oxygen atoms in total. The van der Waals surface area contributed by atoms with E-state index in [0.29, 0.717) is 21.3 Å². The molecule has 19 heavy (non-hydrogen) atoms. The quantitative estimate of drug-likeness (QED) is 0.925. The maximum atomic E-state index is 13.0. The lowest BCUT2D eigenvalue weighted by molar-refractivity contribution is 0.258. The number of para-hydroxylation sites is 1. The van der Waals surface area contributed by atoms with Crippen molar-refractivity contribution in [2.45, 2.75) is 13.2 Å². The molecule has 2 aromatic rings. The van der Waals surface area contributed by atoms with Gasteiger partial charge in [0.1, 0.15) is 12.4 Å². The Morgan fingerprint density at radius 2 is 1.89 bits per heavy atom. The first-order valence-corrected chi connectivity index (χ1v) is 6.36. The molecule has 5 heteroatoms. The molecule has 2 aromatic carbocycles. The molecule has 0 saturated heterocycles. The highest BCUT2D eigenvalue weighted by Gasteiger charge is 2.08. The summed E-state index contributed by atoms with van der Waals surface area (Å²) in [4.78, 5) is 0. The Morgan fingerprint density at radius 1 is 1.11 bits per heavy atom. The molecule has 1 N–H and O–H groups in total. The molecule has 0 unspecified atom stereocenters. The third-order valence-electron chi connectivity index (χ3n) is 2.59. The Hall–Kier alpha value is -1.46. The van der Waals surface area contributed by atoms with E-state index in [1.165, 1.54) is 6.07 Å². The van der Waals surface area contributed by atoms with Gasteiger partial charge in [-0.15, -0.1) is 0 Å². The van der Waals surface area contributed by atoms with E-state index < -0.39 is 11.6 Å². The maximum Gasteiger partial charge on any atom is 0.159 e. The van der Waals surface area contributed by atoms with Gasteiger partial charge in [-0.25, -0.2) is 8.78 Å². The molecule has 0 bridgehead atoms. The van der Waals surface area contributed by atoms with Crippen LogP contribution < -0.4 is 4.74 Å². The van der Waals surface area contributed by atoms with Crippen molar-refractivity contribution in [3.8, 4) is 5.75 Å². The SMILES string of the molecule is OCc1cccc(Br)c1OCc1ccc(F)c(F)c1. The van der Waals surface area contributed by atoms with Crippen molar-refractivity contribution in [1.29, 1.82) is 0 Å². The standard InChI is InChI=1S/C14H11BrF2O2/c15-11-3-1-2-10(7-18)14(11)19-8-9-4-5-12(16)13(17)6-9/h1-6,18H,7-8H2. The average molecular weight is 329 g/mol. The zero-order chi connectivity index (χ0) is 13.8. The Labute approximate surface area is 117 Å². The minimum Gasteiger partial charge on any atom is -0.487 e. The van der Waals surface area contributed by atoms with Gasteiger partial charge in [-0.1, -0.05) is 18.2 Å². The fourth-order valence-corrected chi connectivity index (χ4v) is 2.15. The Bertz CT molecular complexity index is 588. The Balaban J connectivity index is 2.16. The van der Waals surface area contributed by atoms with E-state index in [2.05, 4.69) is 15.9 Å². The molecule has 0 spiro atoms. The van der Waals surface area contributed by atoms with Gasteiger partial charge in [-0.05, 0) is 39.7 Å². The van der Waals surface area contributed by atoms with Gasteiger partial charge in [-0.3, -0.25) is 0 Å². The second kappa shape index (κ2) is 6.12. The van der Waals surface area contributed by atoms with Gasteiger partial charge in [0.2, 0.25) is 0 Å². The normalized spacial score (nSPS) is 10.5. The number of ether oxygens (including phenoxy) is 1. The molecule has 2 rings (SSSR count). The third kappa shape index (κ3) is 3.30. The predicted molar refractivity (Wildman–Crippen MR) is 70.8 cm³/mol. The molecule has 0 aliphatic carbocycles. The molecular weight excluding hydrogens is 318 g/mol. The Kier molecular flexibility index (Phi) is 4.50. The Morgan fingerprint density at radius 3 is 2.58 bits per heavy atom. The highest BCUT2D eigenvalue weighted by atomic mass is 79.9. The average Bonchev–Trinajstić information content (AvgIpc) is 2.41. The second-order valence-corrected chi connectivity index (χ2v) is 4.78. The van der Waals surface area contributed by atoms with E-state index >= 15 is 0 Å². The lowest BCUT2D eigenvalue weighted by Gasteiger charge is -2.12. The molecule has 0 heterocycles. The summed E-state index contributed by atoms with van der Waals surface area (Å²) in [6.07, 6.45) is 0. The number of halogens is 3. The summed E-state index contributed by atoms with van der Waals surface area (Å²) < 4.78 is 32.1. The van der Waals surface area contributed by atoms with Crippen molar-refractivity contribution in [3.05, 3.63) is 63.6 Å². The number of aliphatic hydroxyl groups is 1. The van der Waals surface area contributed by atoms with Crippen molar-refractivity contribution in [1.82, 2.24) is 0 Å². The van der Waals surface area contributed by atoms with E-state index in [-0.39, 0.29) is 13.2 Å². The van der Waals surface area contributed by atoms with Crippen LogP contribution in [0.5, 0.6) is 5.75 Å². The van der Waals surface area contributed by atoms with Gasteiger partial charge in [0.25, 0.3) is 0 Å². The van der Waals surface area contributed by atoms with Crippen LogP contribution in [-0.2, 0) is 13.2 Å². The van der Waals surface area contributed by atoms with E-state index in [0.717, 1.165) is 12.1 Å². The fourth-order valence-electron chi connectivity index (χ4n) is 1.62. The summed E-state index contributed by atoms with van der Waals surface area (Å²) >= 11 is 3.32. The lowest BCUT2D eigenvalue weighted by Crippen LogP contribution is -2.00. The molecule has 0 atom stereocenters. The van der Waals surface area contributed by atoms with Crippen LogP contribution in [-0.4, -0.2) is 5.11 Å². The van der Waals surface area contributed by atoms with E-state index in [4.69, 9.17) is 4.74 Å². The van der Waals surface area contributed by atoms with Crippen LogP contribution in [0.25, 0.3) is 0 Å². The summed E-state index contributed by atoms with van der Waals surface area (Å²) in [6.45, 7) is -0.0701. The molecular formula is C14H11BrF2O2. The highest BCUT2D eigenvalue weighted by Crippen LogP contribution is 2.29. The molecule has 0 aromatic heterocycles. The van der Waals surface area contributed by atoms with Crippen molar-refractivity contribution in [2.24, 2.45) is 0 Å².